The number of carbonyl (C=O) groups excluding carboxylic acids is 1. The minimum absolute atomic E-state index is 0.306. The topological polar surface area (TPSA) is 41.6 Å². The van der Waals surface area contributed by atoms with Crippen LogP contribution in [0.25, 0.3) is 0 Å². The van der Waals surface area contributed by atoms with Crippen molar-refractivity contribution in [2.45, 2.75) is 0 Å². The molecule has 0 radical (unpaired) electrons. The zero-order chi connectivity index (χ0) is 12.3. The van der Waals surface area contributed by atoms with Crippen molar-refractivity contribution in [3.63, 3.8) is 0 Å². The van der Waals surface area contributed by atoms with E-state index in [2.05, 4.69) is 10.1 Å². The second-order valence-electron chi connectivity index (χ2n) is 3.89. The fraction of sp³-hybridized carbons (Fsp3) is 0.417. The molecule has 4 nitrogen and oxygen atoms in total. The van der Waals surface area contributed by atoms with Gasteiger partial charge >= 0.3 is 5.97 Å². The predicted molar refractivity (Wildman–Crippen MR) is 62.8 cm³/mol. The summed E-state index contributed by atoms with van der Waals surface area (Å²) in [6.45, 7) is 3.12. The Morgan fingerprint density at radius 1 is 1.41 bits per heavy atom. The summed E-state index contributed by atoms with van der Waals surface area (Å²) in [5.74, 6) is -0.749. The van der Waals surface area contributed by atoms with Crippen LogP contribution in [0.5, 0.6) is 0 Å². The highest BCUT2D eigenvalue weighted by molar-refractivity contribution is 5.90. The summed E-state index contributed by atoms with van der Waals surface area (Å²) in [6, 6.07) is 4.29. The van der Waals surface area contributed by atoms with E-state index in [1.54, 1.807) is 6.07 Å². The molecule has 0 bridgehead atoms. The molecule has 1 aliphatic rings. The number of carbonyl (C=O) groups is 1. The Bertz CT molecular complexity index is 417. The van der Waals surface area contributed by atoms with Crippen LogP contribution >= 0.6 is 0 Å². The Morgan fingerprint density at radius 2 is 2.12 bits per heavy atom. The molecule has 1 N–H and O–H groups in total. The highest BCUT2D eigenvalue weighted by atomic mass is 19.1. The Balaban J connectivity index is 2.28. The maximum atomic E-state index is 13.7. The van der Waals surface area contributed by atoms with Crippen LogP contribution in [0, 0.1) is 5.82 Å². The van der Waals surface area contributed by atoms with E-state index in [1.165, 1.54) is 19.2 Å². The van der Waals surface area contributed by atoms with Gasteiger partial charge in [-0.3, -0.25) is 0 Å². The number of piperazine rings is 1. The molecule has 1 aromatic carbocycles. The average Bonchev–Trinajstić information content (AvgIpc) is 2.39. The summed E-state index contributed by atoms with van der Waals surface area (Å²) >= 11 is 0. The molecule has 0 aromatic heterocycles. The molecule has 0 amide bonds. The van der Waals surface area contributed by atoms with Gasteiger partial charge in [-0.2, -0.15) is 0 Å². The maximum Gasteiger partial charge on any atom is 0.337 e. The standard InChI is InChI=1S/C12H15FN2O2/c1-17-12(16)9-2-3-10(13)11(8-9)15-6-4-14-5-7-15/h2-3,8,14H,4-7H2,1H3. The van der Waals surface area contributed by atoms with Crippen molar-refractivity contribution >= 4 is 11.7 Å². The van der Waals surface area contributed by atoms with E-state index in [9.17, 15) is 9.18 Å². The lowest BCUT2D eigenvalue weighted by Crippen LogP contribution is -2.43. The number of rotatable bonds is 2. The zero-order valence-corrected chi connectivity index (χ0v) is 9.70. The van der Waals surface area contributed by atoms with Gasteiger partial charge in [-0.05, 0) is 18.2 Å². The van der Waals surface area contributed by atoms with Crippen LogP contribution in [0.1, 0.15) is 10.4 Å². The molecule has 1 fully saturated rings. The number of hydrogen-bond donors (Lipinski definition) is 1. The number of methoxy groups -OCH3 is 1. The molecule has 0 saturated carbocycles. The first-order chi connectivity index (χ1) is 8.22. The van der Waals surface area contributed by atoms with Crippen LogP contribution in [0.3, 0.4) is 0 Å². The normalized spacial score (nSPS) is 15.8. The molecule has 0 spiro atoms. The molecule has 0 unspecified atom stereocenters. The number of nitrogens with one attached hydrogen (secondary N) is 1. The number of ether oxygens (including phenoxy) is 1. The molecule has 17 heavy (non-hydrogen) atoms. The van der Waals surface area contributed by atoms with Crippen molar-refractivity contribution in [1.29, 1.82) is 0 Å². The van der Waals surface area contributed by atoms with Gasteiger partial charge in [0, 0.05) is 26.2 Å². The lowest BCUT2D eigenvalue weighted by atomic mass is 10.1. The number of nitrogens with zero attached hydrogens (tertiary/aromatic N) is 1. The molecule has 2 rings (SSSR count). The van der Waals surface area contributed by atoms with Gasteiger partial charge in [0.1, 0.15) is 5.82 Å². The lowest BCUT2D eigenvalue weighted by molar-refractivity contribution is 0.0600. The van der Waals surface area contributed by atoms with Crippen LogP contribution in [-0.2, 0) is 4.74 Å². The fourth-order valence-corrected chi connectivity index (χ4v) is 1.91. The number of halogens is 1. The van der Waals surface area contributed by atoms with Crippen molar-refractivity contribution in [1.82, 2.24) is 5.32 Å². The highest BCUT2D eigenvalue weighted by Gasteiger charge is 2.16. The third kappa shape index (κ3) is 2.55. The van der Waals surface area contributed by atoms with E-state index >= 15 is 0 Å². The second kappa shape index (κ2) is 5.14. The van der Waals surface area contributed by atoms with Crippen molar-refractivity contribution in [3.05, 3.63) is 29.6 Å². The molecule has 1 aliphatic heterocycles. The smallest absolute Gasteiger partial charge is 0.337 e. The number of benzene rings is 1. The van der Waals surface area contributed by atoms with E-state index in [-0.39, 0.29) is 5.82 Å². The fourth-order valence-electron chi connectivity index (χ4n) is 1.91. The predicted octanol–water partition coefficient (Wildman–Crippen LogP) is 1.02. The van der Waals surface area contributed by atoms with E-state index in [0.717, 1.165) is 26.2 Å². The van der Waals surface area contributed by atoms with Crippen molar-refractivity contribution in [2.75, 3.05) is 38.2 Å². The molecular formula is C12H15FN2O2. The number of esters is 1. The van der Waals surface area contributed by atoms with Crippen LogP contribution in [0.2, 0.25) is 0 Å². The first kappa shape index (κ1) is 11.9. The van der Waals surface area contributed by atoms with Gasteiger partial charge < -0.3 is 15.0 Å². The molecular weight excluding hydrogens is 223 g/mol. The van der Waals surface area contributed by atoms with E-state index in [0.29, 0.717) is 11.3 Å². The van der Waals surface area contributed by atoms with Crippen LogP contribution in [0.15, 0.2) is 18.2 Å². The summed E-state index contributed by atoms with van der Waals surface area (Å²) in [5.41, 5.74) is 0.844. The van der Waals surface area contributed by atoms with Gasteiger partial charge in [0.15, 0.2) is 0 Å². The molecule has 92 valence electrons. The molecule has 0 atom stereocenters. The summed E-state index contributed by atoms with van der Waals surface area (Å²) in [5, 5.41) is 3.20. The molecule has 1 aromatic rings. The second-order valence-corrected chi connectivity index (χ2v) is 3.89. The first-order valence-corrected chi connectivity index (χ1v) is 5.56. The molecule has 1 saturated heterocycles. The highest BCUT2D eigenvalue weighted by Crippen LogP contribution is 2.21. The van der Waals surface area contributed by atoms with Gasteiger partial charge in [0.05, 0.1) is 18.4 Å². The largest absolute Gasteiger partial charge is 0.465 e. The maximum absolute atomic E-state index is 13.7. The van der Waals surface area contributed by atoms with Crippen LogP contribution in [0.4, 0.5) is 10.1 Å². The van der Waals surface area contributed by atoms with E-state index < -0.39 is 5.97 Å². The van der Waals surface area contributed by atoms with Gasteiger partial charge in [-0.25, -0.2) is 9.18 Å². The summed E-state index contributed by atoms with van der Waals surface area (Å²) in [7, 11) is 1.32. The van der Waals surface area contributed by atoms with Crippen molar-refractivity contribution in [2.24, 2.45) is 0 Å². The monoisotopic (exact) mass is 238 g/mol. The summed E-state index contributed by atoms with van der Waals surface area (Å²) in [4.78, 5) is 13.3. The minimum atomic E-state index is -0.443. The first-order valence-electron chi connectivity index (χ1n) is 5.56. The van der Waals surface area contributed by atoms with E-state index in [4.69, 9.17) is 0 Å². The number of hydrogen-bond acceptors (Lipinski definition) is 4. The quantitative estimate of drug-likeness (QED) is 0.781. The van der Waals surface area contributed by atoms with Gasteiger partial charge in [0.25, 0.3) is 0 Å². The Kier molecular flexibility index (Phi) is 3.58. The summed E-state index contributed by atoms with van der Waals surface area (Å²) in [6.07, 6.45) is 0. The molecule has 1 heterocycles. The lowest BCUT2D eigenvalue weighted by Gasteiger charge is -2.29. The van der Waals surface area contributed by atoms with Crippen LogP contribution < -0.4 is 10.2 Å². The number of anilines is 1. The zero-order valence-electron chi connectivity index (χ0n) is 9.70. The minimum Gasteiger partial charge on any atom is -0.465 e. The Morgan fingerprint density at radius 3 is 2.76 bits per heavy atom. The Labute approximate surface area is 99.4 Å². The van der Waals surface area contributed by atoms with Gasteiger partial charge in [-0.1, -0.05) is 0 Å². The molecule has 0 aliphatic carbocycles. The summed E-state index contributed by atoms with van der Waals surface area (Å²) < 4.78 is 18.3. The van der Waals surface area contributed by atoms with Crippen molar-refractivity contribution < 1.29 is 13.9 Å². The van der Waals surface area contributed by atoms with Gasteiger partial charge in [0.2, 0.25) is 0 Å². The van der Waals surface area contributed by atoms with Crippen molar-refractivity contribution in [3.8, 4) is 0 Å². The van der Waals surface area contributed by atoms with Crippen LogP contribution in [-0.4, -0.2) is 39.3 Å². The Hall–Kier alpha value is -1.62. The SMILES string of the molecule is COC(=O)c1ccc(F)c(N2CCNCC2)c1. The molecule has 5 heteroatoms. The third-order valence-electron chi connectivity index (χ3n) is 2.82. The van der Waals surface area contributed by atoms with Gasteiger partial charge in [-0.15, -0.1) is 0 Å². The third-order valence-corrected chi connectivity index (χ3v) is 2.82. The average molecular weight is 238 g/mol. The van der Waals surface area contributed by atoms with E-state index in [1.807, 2.05) is 4.90 Å².